The summed E-state index contributed by atoms with van der Waals surface area (Å²) in [6.45, 7) is 1.90. The normalized spacial score (nSPS) is 11.5. The van der Waals surface area contributed by atoms with Crippen LogP contribution in [0.15, 0.2) is 0 Å². The Bertz CT molecular complexity index is 246. The van der Waals surface area contributed by atoms with Gasteiger partial charge in [-0.2, -0.15) is 0 Å². The summed E-state index contributed by atoms with van der Waals surface area (Å²) in [4.78, 5) is 20.8. The Balaban J connectivity index is 4.19. The van der Waals surface area contributed by atoms with Gasteiger partial charge < -0.3 is 10.2 Å². The van der Waals surface area contributed by atoms with Gasteiger partial charge in [-0.05, 0) is 6.42 Å². The second-order valence-corrected chi connectivity index (χ2v) is 5.67. The minimum absolute atomic E-state index is 0.0466. The van der Waals surface area contributed by atoms with Crippen LogP contribution >= 0.6 is 7.80 Å². The van der Waals surface area contributed by atoms with E-state index in [1.165, 1.54) is 0 Å². The molecule has 0 fully saturated rings. The maximum Gasteiger partial charge on any atom is 0.341 e. The average molecular weight is 249 g/mol. The number of hydrogen-bond acceptors (Lipinski definition) is 3. The molecule has 0 aliphatic rings. The number of carbonyl (C=O) groups is 2. The van der Waals surface area contributed by atoms with Crippen LogP contribution in [0.5, 0.6) is 0 Å². The third kappa shape index (κ3) is 7.35. The SMILES string of the molecule is CCC[P+](=O)C(CCC(=O)O)CCC(=O)O. The van der Waals surface area contributed by atoms with E-state index in [-0.39, 0.29) is 18.5 Å². The van der Waals surface area contributed by atoms with Gasteiger partial charge in [0.05, 0.1) is 0 Å². The monoisotopic (exact) mass is 249 g/mol. The van der Waals surface area contributed by atoms with E-state index in [2.05, 4.69) is 0 Å². The van der Waals surface area contributed by atoms with Gasteiger partial charge in [-0.15, -0.1) is 0 Å². The molecule has 1 unspecified atom stereocenters. The van der Waals surface area contributed by atoms with Crippen molar-refractivity contribution in [1.82, 2.24) is 0 Å². The fourth-order valence-corrected chi connectivity index (χ4v) is 3.06. The van der Waals surface area contributed by atoms with Gasteiger partial charge in [-0.3, -0.25) is 9.59 Å². The molecule has 2 N–H and O–H groups in total. The van der Waals surface area contributed by atoms with Crippen molar-refractivity contribution >= 4 is 19.7 Å². The maximum atomic E-state index is 11.7. The third-order valence-corrected chi connectivity index (χ3v) is 4.45. The molecule has 0 rings (SSSR count). The minimum Gasteiger partial charge on any atom is -0.481 e. The Labute approximate surface area is 95.6 Å². The van der Waals surface area contributed by atoms with Gasteiger partial charge in [0.2, 0.25) is 0 Å². The van der Waals surface area contributed by atoms with Gasteiger partial charge in [0, 0.05) is 25.7 Å². The van der Waals surface area contributed by atoms with Crippen LogP contribution in [0.3, 0.4) is 0 Å². The molecule has 6 heteroatoms. The van der Waals surface area contributed by atoms with Gasteiger partial charge in [-0.1, -0.05) is 11.5 Å². The molecular formula is C10H18O5P+. The fraction of sp³-hybridized carbons (Fsp3) is 0.800. The average Bonchev–Trinajstić information content (AvgIpc) is 2.17. The summed E-state index contributed by atoms with van der Waals surface area (Å²) in [5.41, 5.74) is -0.276. The Morgan fingerprint density at radius 3 is 1.88 bits per heavy atom. The van der Waals surface area contributed by atoms with Crippen molar-refractivity contribution in [2.75, 3.05) is 6.16 Å². The minimum atomic E-state index is -1.48. The van der Waals surface area contributed by atoms with Gasteiger partial charge in [0.15, 0.2) is 5.66 Å². The van der Waals surface area contributed by atoms with Gasteiger partial charge in [-0.25, -0.2) is 0 Å². The summed E-state index contributed by atoms with van der Waals surface area (Å²) >= 11 is 0. The molecule has 0 aromatic heterocycles. The molecule has 0 amide bonds. The summed E-state index contributed by atoms with van der Waals surface area (Å²) in [5, 5.41) is 17.1. The van der Waals surface area contributed by atoms with Crippen molar-refractivity contribution in [1.29, 1.82) is 0 Å². The Hall–Kier alpha value is -0.960. The molecule has 5 nitrogen and oxygen atoms in total. The van der Waals surface area contributed by atoms with Crippen LogP contribution in [0, 0.1) is 0 Å². The number of carboxylic acids is 2. The third-order valence-electron chi connectivity index (χ3n) is 2.23. The lowest BCUT2D eigenvalue weighted by Gasteiger charge is -2.04. The number of carboxylic acid groups (broad SMARTS) is 2. The van der Waals surface area contributed by atoms with Crippen molar-refractivity contribution in [2.24, 2.45) is 0 Å². The lowest BCUT2D eigenvalue weighted by molar-refractivity contribution is -0.137. The quantitative estimate of drug-likeness (QED) is 0.612. The predicted molar refractivity (Wildman–Crippen MR) is 60.3 cm³/mol. The first kappa shape index (κ1) is 15.0. The van der Waals surface area contributed by atoms with Crippen LogP contribution in [-0.2, 0) is 14.2 Å². The van der Waals surface area contributed by atoms with Crippen molar-refractivity contribution in [3.63, 3.8) is 0 Å². The smallest absolute Gasteiger partial charge is 0.341 e. The molecular weight excluding hydrogens is 231 g/mol. The molecule has 16 heavy (non-hydrogen) atoms. The highest BCUT2D eigenvalue weighted by Gasteiger charge is 2.29. The molecule has 0 aliphatic heterocycles. The maximum absolute atomic E-state index is 11.7. The first-order valence-corrected chi connectivity index (χ1v) is 6.86. The predicted octanol–water partition coefficient (Wildman–Crippen LogP) is 2.32. The van der Waals surface area contributed by atoms with Crippen LogP contribution in [0.1, 0.15) is 39.0 Å². The van der Waals surface area contributed by atoms with Gasteiger partial charge in [0.1, 0.15) is 6.16 Å². The molecule has 0 bridgehead atoms. The molecule has 0 heterocycles. The summed E-state index contributed by atoms with van der Waals surface area (Å²) in [5.74, 6) is -1.86. The second-order valence-electron chi connectivity index (χ2n) is 3.66. The van der Waals surface area contributed by atoms with E-state index in [0.29, 0.717) is 19.0 Å². The zero-order valence-corrected chi connectivity index (χ0v) is 10.3. The lowest BCUT2D eigenvalue weighted by Crippen LogP contribution is -2.10. The van der Waals surface area contributed by atoms with E-state index in [0.717, 1.165) is 6.42 Å². The van der Waals surface area contributed by atoms with Crippen LogP contribution < -0.4 is 0 Å². The number of hydrogen-bond donors (Lipinski definition) is 2. The van der Waals surface area contributed by atoms with Gasteiger partial charge in [0.25, 0.3) is 0 Å². The van der Waals surface area contributed by atoms with E-state index >= 15 is 0 Å². The highest BCUT2D eigenvalue weighted by molar-refractivity contribution is 7.45. The lowest BCUT2D eigenvalue weighted by atomic mass is 10.1. The summed E-state index contributed by atoms with van der Waals surface area (Å²) in [6.07, 6.45) is 1.82. The van der Waals surface area contributed by atoms with E-state index in [1.54, 1.807) is 0 Å². The first-order valence-electron chi connectivity index (χ1n) is 5.34. The van der Waals surface area contributed by atoms with Crippen molar-refractivity contribution < 1.29 is 24.4 Å². The van der Waals surface area contributed by atoms with Crippen LogP contribution in [0.2, 0.25) is 0 Å². The fourth-order valence-electron chi connectivity index (χ4n) is 1.42. The van der Waals surface area contributed by atoms with Gasteiger partial charge >= 0.3 is 19.7 Å². The second kappa shape index (κ2) is 8.22. The highest BCUT2D eigenvalue weighted by Crippen LogP contribution is 2.35. The van der Waals surface area contributed by atoms with Crippen molar-refractivity contribution in [2.45, 2.75) is 44.7 Å². The first-order chi connectivity index (χ1) is 7.47. The number of aliphatic carboxylic acids is 2. The van der Waals surface area contributed by atoms with Crippen molar-refractivity contribution in [3.05, 3.63) is 0 Å². The zero-order chi connectivity index (χ0) is 12.6. The largest absolute Gasteiger partial charge is 0.481 e. The van der Waals surface area contributed by atoms with E-state index in [1.807, 2.05) is 6.92 Å². The molecule has 0 aromatic carbocycles. The molecule has 0 spiro atoms. The summed E-state index contributed by atoms with van der Waals surface area (Å²) < 4.78 is 11.7. The van der Waals surface area contributed by atoms with E-state index in [9.17, 15) is 14.2 Å². The summed E-state index contributed by atoms with van der Waals surface area (Å²) in [7, 11) is -1.48. The van der Waals surface area contributed by atoms with Crippen LogP contribution in [0.25, 0.3) is 0 Å². The van der Waals surface area contributed by atoms with Crippen LogP contribution in [0.4, 0.5) is 0 Å². The summed E-state index contributed by atoms with van der Waals surface area (Å²) in [6, 6.07) is 0. The Kier molecular flexibility index (Phi) is 7.73. The van der Waals surface area contributed by atoms with Crippen molar-refractivity contribution in [3.8, 4) is 0 Å². The molecule has 0 saturated heterocycles. The van der Waals surface area contributed by atoms with E-state index < -0.39 is 19.7 Å². The Morgan fingerprint density at radius 2 is 1.56 bits per heavy atom. The molecule has 0 radical (unpaired) electrons. The molecule has 0 aliphatic carbocycles. The highest BCUT2D eigenvalue weighted by atomic mass is 31.1. The molecule has 92 valence electrons. The van der Waals surface area contributed by atoms with E-state index in [4.69, 9.17) is 10.2 Å². The zero-order valence-electron chi connectivity index (χ0n) is 9.39. The van der Waals surface area contributed by atoms with Crippen LogP contribution in [-0.4, -0.2) is 34.0 Å². The molecule has 0 aromatic rings. The molecule has 1 atom stereocenters. The number of rotatable bonds is 9. The molecule has 0 saturated carbocycles. The Morgan fingerprint density at radius 1 is 1.12 bits per heavy atom. The topological polar surface area (TPSA) is 91.7 Å². The standard InChI is InChI=1S/C10H17O5P/c1-2-7-16(15)8(3-5-9(11)12)4-6-10(13)14/h8H,2-7H2,1H3,(H-,11,12,13,14)/p+1.